The van der Waals surface area contributed by atoms with Crippen LogP contribution in [0.2, 0.25) is 18.1 Å². The minimum atomic E-state index is -4.38. The van der Waals surface area contributed by atoms with Crippen LogP contribution in [0.25, 0.3) is 10.8 Å². The van der Waals surface area contributed by atoms with Crippen molar-refractivity contribution in [3.63, 3.8) is 0 Å². The zero-order valence-corrected chi connectivity index (χ0v) is 23.2. The Balaban J connectivity index is 1.59. The Labute approximate surface area is 218 Å². The molecule has 1 aliphatic heterocycles. The molecule has 0 radical (unpaired) electrons. The molecule has 8 heteroatoms. The topological polar surface area (TPSA) is 43.4 Å². The number of halogens is 3. The number of benzene rings is 2. The summed E-state index contributed by atoms with van der Waals surface area (Å²) < 4.78 is 52.4. The molecule has 0 amide bonds. The molecule has 0 spiro atoms. The molecule has 1 saturated heterocycles. The first-order valence-corrected chi connectivity index (χ1v) is 15.8. The Hall–Kier alpha value is -2.42. The van der Waals surface area contributed by atoms with E-state index in [0.717, 1.165) is 47.9 Å². The van der Waals surface area contributed by atoms with E-state index in [1.54, 1.807) is 6.20 Å². The fourth-order valence-electron chi connectivity index (χ4n) is 4.65. The SMILES string of the molecule is CC(C)(C)[Si](C)(C)O[C@H]1CCN[C@@H](C[C@H](Oc2ccc(C(F)(F)F)cc2)c2cccc3ccncc23)C1. The number of aromatic nitrogens is 1. The summed E-state index contributed by atoms with van der Waals surface area (Å²) in [5.74, 6) is 0.406. The number of pyridine rings is 1. The van der Waals surface area contributed by atoms with Crippen molar-refractivity contribution in [2.75, 3.05) is 6.54 Å². The summed E-state index contributed by atoms with van der Waals surface area (Å²) in [6, 6.07) is 13.1. The van der Waals surface area contributed by atoms with E-state index in [4.69, 9.17) is 9.16 Å². The van der Waals surface area contributed by atoms with E-state index >= 15 is 0 Å². The van der Waals surface area contributed by atoms with Gasteiger partial charge in [0.1, 0.15) is 11.9 Å². The average Bonchev–Trinajstić information content (AvgIpc) is 2.82. The van der Waals surface area contributed by atoms with Crippen LogP contribution in [-0.4, -0.2) is 32.0 Å². The average molecular weight is 531 g/mol. The van der Waals surface area contributed by atoms with Crippen LogP contribution in [0.5, 0.6) is 5.75 Å². The van der Waals surface area contributed by atoms with Crippen LogP contribution in [0.4, 0.5) is 13.2 Å². The molecule has 3 atom stereocenters. The Kier molecular flexibility index (Phi) is 8.02. The highest BCUT2D eigenvalue weighted by atomic mass is 28.4. The van der Waals surface area contributed by atoms with Crippen LogP contribution >= 0.6 is 0 Å². The number of alkyl halides is 3. The van der Waals surface area contributed by atoms with Gasteiger partial charge in [-0.1, -0.05) is 39.0 Å². The third kappa shape index (κ3) is 6.72. The van der Waals surface area contributed by atoms with Crippen molar-refractivity contribution in [3.8, 4) is 5.75 Å². The Morgan fingerprint density at radius 3 is 2.46 bits per heavy atom. The van der Waals surface area contributed by atoms with E-state index in [1.807, 2.05) is 30.5 Å². The van der Waals surface area contributed by atoms with Gasteiger partial charge in [-0.3, -0.25) is 4.98 Å². The number of fused-ring (bicyclic) bond motifs is 1. The summed E-state index contributed by atoms with van der Waals surface area (Å²) in [6.07, 6.45) is 1.49. The van der Waals surface area contributed by atoms with Gasteiger partial charge in [0.15, 0.2) is 8.32 Å². The summed E-state index contributed by atoms with van der Waals surface area (Å²) in [7, 11) is -1.90. The number of nitrogens with zero attached hydrogens (tertiary/aromatic N) is 1. The van der Waals surface area contributed by atoms with E-state index in [9.17, 15) is 13.2 Å². The molecule has 0 saturated carbocycles. The predicted octanol–water partition coefficient (Wildman–Crippen LogP) is 7.91. The maximum atomic E-state index is 13.1. The molecular weight excluding hydrogens is 493 g/mol. The largest absolute Gasteiger partial charge is 0.486 e. The van der Waals surface area contributed by atoms with Crippen LogP contribution in [-0.2, 0) is 10.6 Å². The molecule has 37 heavy (non-hydrogen) atoms. The Morgan fingerprint density at radius 1 is 1.05 bits per heavy atom. The number of piperidine rings is 1. The minimum absolute atomic E-state index is 0.136. The summed E-state index contributed by atoms with van der Waals surface area (Å²) in [5, 5.41) is 5.79. The number of nitrogens with one attached hydrogen (secondary N) is 1. The fraction of sp³-hybridized carbons (Fsp3) is 0.483. The summed E-state index contributed by atoms with van der Waals surface area (Å²) in [6.45, 7) is 12.2. The van der Waals surface area contributed by atoms with Gasteiger partial charge >= 0.3 is 6.18 Å². The molecule has 4 nitrogen and oxygen atoms in total. The van der Waals surface area contributed by atoms with Gasteiger partial charge in [0.2, 0.25) is 0 Å². The van der Waals surface area contributed by atoms with Crippen LogP contribution in [0.1, 0.15) is 57.3 Å². The molecule has 2 aromatic carbocycles. The van der Waals surface area contributed by atoms with Crippen molar-refractivity contribution >= 4 is 19.1 Å². The molecular formula is C29H37F3N2O2Si. The Bertz CT molecular complexity index is 1190. The molecule has 4 rings (SSSR count). The lowest BCUT2D eigenvalue weighted by atomic mass is 9.92. The molecule has 200 valence electrons. The summed E-state index contributed by atoms with van der Waals surface area (Å²) >= 11 is 0. The van der Waals surface area contributed by atoms with Gasteiger partial charge in [0, 0.05) is 41.9 Å². The van der Waals surface area contributed by atoms with Crippen molar-refractivity contribution in [1.82, 2.24) is 10.3 Å². The standard InChI is InChI=1S/C29H37F3N2O2Si/c1-28(2,3)37(4,5)36-24-14-16-34-22(17-24)18-27(25-8-6-7-20-13-15-33-19-26(20)25)35-23-11-9-21(10-12-23)29(30,31)32/h6-13,15,19,22,24,27,34H,14,16-18H2,1-5H3/t22-,24+,27+/m1/s1. The first-order chi connectivity index (χ1) is 17.3. The first kappa shape index (κ1) is 27.6. The highest BCUT2D eigenvalue weighted by molar-refractivity contribution is 6.74. The predicted molar refractivity (Wildman–Crippen MR) is 144 cm³/mol. The fourth-order valence-corrected chi connectivity index (χ4v) is 6.05. The van der Waals surface area contributed by atoms with Gasteiger partial charge in [-0.2, -0.15) is 13.2 Å². The van der Waals surface area contributed by atoms with Gasteiger partial charge in [0.05, 0.1) is 5.56 Å². The molecule has 3 aromatic rings. The molecule has 1 aliphatic rings. The van der Waals surface area contributed by atoms with Crippen LogP contribution in [0.15, 0.2) is 60.9 Å². The lowest BCUT2D eigenvalue weighted by Crippen LogP contribution is -2.49. The van der Waals surface area contributed by atoms with E-state index in [1.165, 1.54) is 12.1 Å². The van der Waals surface area contributed by atoms with Crippen molar-refractivity contribution in [2.24, 2.45) is 0 Å². The molecule has 1 aromatic heterocycles. The highest BCUT2D eigenvalue weighted by Crippen LogP contribution is 2.39. The van der Waals surface area contributed by atoms with Crippen molar-refractivity contribution < 1.29 is 22.3 Å². The van der Waals surface area contributed by atoms with Gasteiger partial charge in [-0.15, -0.1) is 0 Å². The van der Waals surface area contributed by atoms with Crippen LogP contribution < -0.4 is 10.1 Å². The van der Waals surface area contributed by atoms with Crippen molar-refractivity contribution in [2.45, 2.75) is 82.6 Å². The highest BCUT2D eigenvalue weighted by Gasteiger charge is 2.40. The number of rotatable bonds is 7. The second-order valence-electron chi connectivity index (χ2n) is 11.5. The third-order valence-electron chi connectivity index (χ3n) is 7.74. The molecule has 1 fully saturated rings. The lowest BCUT2D eigenvalue weighted by Gasteiger charge is -2.42. The van der Waals surface area contributed by atoms with E-state index in [-0.39, 0.29) is 23.3 Å². The molecule has 0 aliphatic carbocycles. The number of ether oxygens (including phenoxy) is 1. The quantitative estimate of drug-likeness (QED) is 0.315. The maximum Gasteiger partial charge on any atom is 0.416 e. The minimum Gasteiger partial charge on any atom is -0.486 e. The number of hydrogen-bond acceptors (Lipinski definition) is 4. The first-order valence-electron chi connectivity index (χ1n) is 12.9. The van der Waals surface area contributed by atoms with Gasteiger partial charge in [-0.25, -0.2) is 0 Å². The second-order valence-corrected chi connectivity index (χ2v) is 16.2. The Morgan fingerprint density at radius 2 is 1.78 bits per heavy atom. The van der Waals surface area contributed by atoms with Crippen LogP contribution in [0, 0.1) is 0 Å². The molecule has 0 unspecified atom stereocenters. The smallest absolute Gasteiger partial charge is 0.416 e. The van der Waals surface area contributed by atoms with E-state index in [2.05, 4.69) is 44.2 Å². The monoisotopic (exact) mass is 530 g/mol. The van der Waals surface area contributed by atoms with Crippen molar-refractivity contribution in [1.29, 1.82) is 0 Å². The van der Waals surface area contributed by atoms with E-state index in [0.29, 0.717) is 12.2 Å². The number of hydrogen-bond donors (Lipinski definition) is 1. The summed E-state index contributed by atoms with van der Waals surface area (Å²) in [5.41, 5.74) is 0.282. The normalized spacial score (nSPS) is 20.1. The van der Waals surface area contributed by atoms with Gasteiger partial charge in [-0.05, 0) is 73.2 Å². The van der Waals surface area contributed by atoms with E-state index < -0.39 is 20.1 Å². The third-order valence-corrected chi connectivity index (χ3v) is 12.3. The van der Waals surface area contributed by atoms with Gasteiger partial charge in [0.25, 0.3) is 0 Å². The molecule has 0 bridgehead atoms. The maximum absolute atomic E-state index is 13.1. The van der Waals surface area contributed by atoms with Crippen molar-refractivity contribution in [3.05, 3.63) is 72.1 Å². The zero-order valence-electron chi connectivity index (χ0n) is 22.2. The zero-order chi connectivity index (χ0) is 26.8. The molecule has 2 heterocycles. The second kappa shape index (κ2) is 10.7. The molecule has 1 N–H and O–H groups in total. The van der Waals surface area contributed by atoms with Crippen LogP contribution in [0.3, 0.4) is 0 Å². The van der Waals surface area contributed by atoms with Gasteiger partial charge < -0.3 is 14.5 Å². The summed E-state index contributed by atoms with van der Waals surface area (Å²) in [4.78, 5) is 4.31. The lowest BCUT2D eigenvalue weighted by molar-refractivity contribution is -0.137.